The molecule has 2 aromatic rings. The Balaban J connectivity index is 2.86. The molecule has 0 radical (unpaired) electrons. The van der Waals surface area contributed by atoms with Crippen molar-refractivity contribution >= 4 is 17.4 Å². The number of fused-ring (bicyclic) bond motifs is 1. The molecule has 0 saturated carbocycles. The summed E-state index contributed by atoms with van der Waals surface area (Å²) in [7, 11) is 0. The molecule has 0 aliphatic heterocycles. The van der Waals surface area contributed by atoms with E-state index in [0.29, 0.717) is 5.65 Å². The number of anilines is 1. The molecule has 66 valence electrons. The van der Waals surface area contributed by atoms with Gasteiger partial charge in [0.05, 0.1) is 5.56 Å². The van der Waals surface area contributed by atoms with Crippen LogP contribution < -0.4 is 10.8 Å². The molecule has 0 aliphatic carbocycles. The van der Waals surface area contributed by atoms with E-state index in [1.54, 1.807) is 12.3 Å². The summed E-state index contributed by atoms with van der Waals surface area (Å²) in [5.41, 5.74) is 5.82. The van der Waals surface area contributed by atoms with E-state index in [1.807, 2.05) is 0 Å². The third kappa shape index (κ3) is 0.994. The Kier molecular flexibility index (Phi) is 1.42. The maximum atomic E-state index is 10.8. The highest BCUT2D eigenvalue weighted by atomic mass is 16.3. The highest BCUT2D eigenvalue weighted by Crippen LogP contribution is 2.13. The Morgan fingerprint density at radius 1 is 1.62 bits per heavy atom. The molecule has 0 bridgehead atoms. The van der Waals surface area contributed by atoms with Crippen molar-refractivity contribution in [3.05, 3.63) is 24.0 Å². The summed E-state index contributed by atoms with van der Waals surface area (Å²) in [5, 5.41) is 21.6. The molecule has 0 saturated heterocycles. The fraction of sp³-hybridized carbons (Fsp3) is 0. The van der Waals surface area contributed by atoms with Gasteiger partial charge < -0.3 is 16.2 Å². The Morgan fingerprint density at radius 3 is 3.08 bits per heavy atom. The molecule has 0 unspecified atom stereocenters. The van der Waals surface area contributed by atoms with Crippen LogP contribution in [-0.4, -0.2) is 20.5 Å². The van der Waals surface area contributed by atoms with E-state index >= 15 is 0 Å². The van der Waals surface area contributed by atoms with Crippen LogP contribution in [0.2, 0.25) is 0 Å². The van der Waals surface area contributed by atoms with Gasteiger partial charge in [-0.1, -0.05) is 0 Å². The summed E-state index contributed by atoms with van der Waals surface area (Å²) in [6.45, 7) is 0. The van der Waals surface area contributed by atoms with Gasteiger partial charge in [0.2, 0.25) is 0 Å². The minimum Gasteiger partial charge on any atom is -0.858 e. The zero-order valence-electron chi connectivity index (χ0n) is 6.56. The van der Waals surface area contributed by atoms with Gasteiger partial charge in [0.1, 0.15) is 0 Å². The lowest BCUT2D eigenvalue weighted by molar-refractivity contribution is -0.214. The molecule has 6 nitrogen and oxygen atoms in total. The fourth-order valence-electron chi connectivity index (χ4n) is 1.12. The molecule has 0 fully saturated rings. The van der Waals surface area contributed by atoms with Crippen molar-refractivity contribution in [3.63, 3.8) is 0 Å². The van der Waals surface area contributed by atoms with E-state index in [1.165, 1.54) is 10.7 Å². The largest absolute Gasteiger partial charge is 0.858 e. The molecular formula is C7H6N5O-. The lowest BCUT2D eigenvalue weighted by atomic mass is 10.3. The zero-order chi connectivity index (χ0) is 9.42. The van der Waals surface area contributed by atoms with Crippen molar-refractivity contribution in [1.82, 2.24) is 14.6 Å². The first-order valence-corrected chi connectivity index (χ1v) is 3.55. The topological polar surface area (TPSA) is 103 Å². The van der Waals surface area contributed by atoms with Gasteiger partial charge in [0.25, 0.3) is 0 Å². The van der Waals surface area contributed by atoms with Gasteiger partial charge in [-0.2, -0.15) is 0 Å². The molecule has 3 N–H and O–H groups in total. The second-order valence-corrected chi connectivity index (χ2v) is 2.48. The van der Waals surface area contributed by atoms with E-state index < -0.39 is 5.90 Å². The van der Waals surface area contributed by atoms with Crippen molar-refractivity contribution in [1.29, 1.82) is 5.41 Å². The Bertz CT molecular complexity index is 475. The minimum absolute atomic E-state index is 0.0405. The van der Waals surface area contributed by atoms with E-state index in [9.17, 15) is 5.11 Å². The second-order valence-electron chi connectivity index (χ2n) is 2.48. The first-order valence-electron chi connectivity index (χ1n) is 3.55. The van der Waals surface area contributed by atoms with E-state index in [4.69, 9.17) is 11.1 Å². The smallest absolute Gasteiger partial charge is 0.165 e. The van der Waals surface area contributed by atoms with Crippen molar-refractivity contribution in [2.24, 2.45) is 0 Å². The summed E-state index contributed by atoms with van der Waals surface area (Å²) in [6.07, 6.45) is 3.13. The van der Waals surface area contributed by atoms with Crippen LogP contribution in [0, 0.1) is 5.41 Å². The maximum Gasteiger partial charge on any atom is 0.165 e. The Morgan fingerprint density at radius 2 is 2.38 bits per heavy atom. The molecule has 0 aliphatic rings. The van der Waals surface area contributed by atoms with Gasteiger partial charge in [-0.3, -0.25) is 0 Å². The molecule has 13 heavy (non-hydrogen) atoms. The predicted octanol–water partition coefficient (Wildman–Crippen LogP) is -1.00. The number of aromatic nitrogens is 3. The molecule has 0 spiro atoms. The number of nitrogens with one attached hydrogen (secondary N) is 1. The normalized spacial score (nSPS) is 10.5. The summed E-state index contributed by atoms with van der Waals surface area (Å²) in [6, 6.07) is 1.66. The van der Waals surface area contributed by atoms with Crippen molar-refractivity contribution in [3.8, 4) is 0 Å². The van der Waals surface area contributed by atoms with Crippen molar-refractivity contribution in [2.75, 3.05) is 5.73 Å². The average molecular weight is 176 g/mol. The van der Waals surface area contributed by atoms with Crippen LogP contribution in [0.3, 0.4) is 0 Å². The summed E-state index contributed by atoms with van der Waals surface area (Å²) < 4.78 is 1.37. The third-order valence-electron chi connectivity index (χ3n) is 1.65. The maximum absolute atomic E-state index is 10.8. The van der Waals surface area contributed by atoms with Crippen molar-refractivity contribution < 1.29 is 5.11 Å². The van der Waals surface area contributed by atoms with Crippen LogP contribution in [0.15, 0.2) is 18.5 Å². The Hall–Kier alpha value is -2.11. The van der Waals surface area contributed by atoms with Gasteiger partial charge in [0, 0.05) is 12.4 Å². The molecule has 2 aromatic heterocycles. The quantitative estimate of drug-likeness (QED) is 0.429. The molecule has 2 heterocycles. The zero-order valence-corrected chi connectivity index (χ0v) is 6.56. The van der Waals surface area contributed by atoms with Crippen LogP contribution in [0.1, 0.15) is 5.56 Å². The van der Waals surface area contributed by atoms with Gasteiger partial charge in [-0.25, -0.2) is 9.50 Å². The van der Waals surface area contributed by atoms with Crippen LogP contribution in [-0.2, 0) is 0 Å². The van der Waals surface area contributed by atoms with E-state index in [0.717, 1.165) is 0 Å². The standard InChI is InChI=1S/C7H7N5O/c8-5-4(6(9)13)7-10-2-1-3-12(7)11-5/h1-3H,(H2,8,11)(H2,9,13)/p-1. The summed E-state index contributed by atoms with van der Waals surface area (Å²) in [5.74, 6) is -0.829. The van der Waals surface area contributed by atoms with Gasteiger partial charge in [-0.15, -0.1) is 5.10 Å². The molecule has 0 aromatic carbocycles. The molecular weight excluding hydrogens is 170 g/mol. The van der Waals surface area contributed by atoms with Gasteiger partial charge in [0.15, 0.2) is 11.5 Å². The van der Waals surface area contributed by atoms with Gasteiger partial charge in [-0.05, 0) is 12.0 Å². The molecule has 2 rings (SSSR count). The Labute approximate surface area is 73.1 Å². The number of hydrogen-bond donors (Lipinski definition) is 2. The monoisotopic (exact) mass is 176 g/mol. The summed E-state index contributed by atoms with van der Waals surface area (Å²) in [4.78, 5) is 3.90. The SMILES string of the molecule is N=C([O-])c1c(N)nn2cccnc12. The first kappa shape index (κ1) is 7.53. The number of nitrogen functional groups attached to an aromatic ring is 1. The van der Waals surface area contributed by atoms with Crippen LogP contribution in [0.4, 0.5) is 5.82 Å². The lowest BCUT2D eigenvalue weighted by Gasteiger charge is -2.03. The van der Waals surface area contributed by atoms with E-state index in [2.05, 4.69) is 10.1 Å². The highest BCUT2D eigenvalue weighted by molar-refractivity contribution is 5.99. The second kappa shape index (κ2) is 2.44. The predicted molar refractivity (Wildman–Crippen MR) is 44.2 cm³/mol. The molecule has 0 amide bonds. The fourth-order valence-corrected chi connectivity index (χ4v) is 1.12. The summed E-state index contributed by atoms with van der Waals surface area (Å²) >= 11 is 0. The third-order valence-corrected chi connectivity index (χ3v) is 1.65. The number of nitrogens with zero attached hydrogens (tertiary/aromatic N) is 3. The first-order chi connectivity index (χ1) is 6.20. The number of hydrogen-bond acceptors (Lipinski definition) is 5. The number of nitrogens with two attached hydrogens (primary N) is 1. The highest BCUT2D eigenvalue weighted by Gasteiger charge is 2.09. The van der Waals surface area contributed by atoms with Crippen LogP contribution in [0.5, 0.6) is 0 Å². The van der Waals surface area contributed by atoms with Crippen LogP contribution in [0.25, 0.3) is 5.65 Å². The minimum atomic E-state index is -0.869. The van der Waals surface area contributed by atoms with E-state index in [-0.39, 0.29) is 11.4 Å². The van der Waals surface area contributed by atoms with Crippen LogP contribution >= 0.6 is 0 Å². The van der Waals surface area contributed by atoms with Crippen molar-refractivity contribution in [2.45, 2.75) is 0 Å². The number of rotatable bonds is 1. The average Bonchev–Trinajstić information content (AvgIpc) is 2.39. The molecule has 0 atom stereocenters. The lowest BCUT2D eigenvalue weighted by Crippen LogP contribution is -2.18. The molecule has 6 heteroatoms. The van der Waals surface area contributed by atoms with Gasteiger partial charge >= 0.3 is 0 Å².